The summed E-state index contributed by atoms with van der Waals surface area (Å²) in [4.78, 5) is 52.1. The third-order valence-electron chi connectivity index (χ3n) is 7.42. The zero-order valence-electron chi connectivity index (χ0n) is 29.9. The first kappa shape index (κ1) is 40.1. The second kappa shape index (κ2) is 21.6. The lowest BCUT2D eigenvalue weighted by Gasteiger charge is -2.10. The molecule has 12 nitrogen and oxygen atoms in total. The number of hydrogen-bond donors (Lipinski definition) is 0. The Hall–Kier alpha value is -6.69. The summed E-state index contributed by atoms with van der Waals surface area (Å²) in [5, 5.41) is 0. The number of nitrogens with zero attached hydrogens (tertiary/aromatic N) is 1. The average molecular weight is 736 g/mol. The fraction of sp³-hybridized carbons (Fsp3) is 0.214. The Morgan fingerprint density at radius 2 is 1.02 bits per heavy atom. The van der Waals surface area contributed by atoms with E-state index in [9.17, 15) is 19.2 Å². The summed E-state index contributed by atoms with van der Waals surface area (Å²) in [5.41, 5.74) is 1.96. The van der Waals surface area contributed by atoms with E-state index >= 15 is 0 Å². The van der Waals surface area contributed by atoms with Crippen LogP contribution in [-0.2, 0) is 19.1 Å². The first-order valence-corrected chi connectivity index (χ1v) is 17.1. The SMILES string of the molecule is C=CC(=O)OCCCCOc1ccc(C(=O)Oc2ccc(C=Nc3ccc(OC(=O)c4ccc(OCCCCOC(=O)C=C)cc4)cc3OC)cc2)cc1. The summed E-state index contributed by atoms with van der Waals surface area (Å²) in [6.45, 7) is 8.17. The van der Waals surface area contributed by atoms with Gasteiger partial charge in [0, 0.05) is 24.4 Å². The number of carbonyl (C=O) groups is 4. The van der Waals surface area contributed by atoms with Crippen molar-refractivity contribution in [1.82, 2.24) is 0 Å². The minimum atomic E-state index is -0.551. The van der Waals surface area contributed by atoms with Crippen molar-refractivity contribution in [3.05, 3.63) is 133 Å². The van der Waals surface area contributed by atoms with Crippen LogP contribution in [-0.4, -0.2) is 63.6 Å². The Bertz CT molecular complexity index is 1900. The van der Waals surface area contributed by atoms with Crippen LogP contribution < -0.4 is 23.7 Å². The molecule has 0 amide bonds. The van der Waals surface area contributed by atoms with Gasteiger partial charge in [-0.25, -0.2) is 19.2 Å². The third kappa shape index (κ3) is 13.5. The van der Waals surface area contributed by atoms with Crippen LogP contribution in [0.3, 0.4) is 0 Å². The van der Waals surface area contributed by atoms with Crippen LogP contribution in [0.2, 0.25) is 0 Å². The van der Waals surface area contributed by atoms with Crippen molar-refractivity contribution in [2.45, 2.75) is 25.7 Å². The predicted octanol–water partition coefficient (Wildman–Crippen LogP) is 7.66. The molecule has 54 heavy (non-hydrogen) atoms. The summed E-state index contributed by atoms with van der Waals surface area (Å²) in [6.07, 6.45) is 6.58. The molecule has 0 radical (unpaired) electrons. The average Bonchev–Trinajstić information content (AvgIpc) is 3.20. The molecule has 4 aromatic carbocycles. The summed E-state index contributed by atoms with van der Waals surface area (Å²) in [7, 11) is 1.49. The van der Waals surface area contributed by atoms with Crippen molar-refractivity contribution in [2.75, 3.05) is 33.5 Å². The normalized spacial score (nSPS) is 10.5. The van der Waals surface area contributed by atoms with Crippen LogP contribution >= 0.6 is 0 Å². The highest BCUT2D eigenvalue weighted by atomic mass is 16.5. The van der Waals surface area contributed by atoms with E-state index in [1.165, 1.54) is 7.11 Å². The molecule has 0 aliphatic rings. The van der Waals surface area contributed by atoms with E-state index in [0.717, 1.165) is 17.7 Å². The Morgan fingerprint density at radius 3 is 1.50 bits per heavy atom. The number of rotatable bonds is 21. The zero-order chi connectivity index (χ0) is 38.5. The molecule has 0 saturated carbocycles. The predicted molar refractivity (Wildman–Crippen MR) is 201 cm³/mol. The van der Waals surface area contributed by atoms with E-state index in [0.29, 0.717) is 91.9 Å². The molecule has 0 atom stereocenters. The number of benzene rings is 4. The van der Waals surface area contributed by atoms with Gasteiger partial charge in [-0.05, 0) is 116 Å². The minimum absolute atomic E-state index is 0.280. The number of hydrogen-bond acceptors (Lipinski definition) is 12. The fourth-order valence-electron chi connectivity index (χ4n) is 4.55. The summed E-state index contributed by atoms with van der Waals surface area (Å²) in [6, 6.07) is 24.9. The summed E-state index contributed by atoms with van der Waals surface area (Å²) < 4.78 is 37.7. The van der Waals surface area contributed by atoms with E-state index < -0.39 is 23.9 Å². The number of ether oxygens (including phenoxy) is 7. The molecule has 4 rings (SSSR count). The Morgan fingerprint density at radius 1 is 0.574 bits per heavy atom. The van der Waals surface area contributed by atoms with Crippen molar-refractivity contribution >= 4 is 35.8 Å². The fourth-order valence-corrected chi connectivity index (χ4v) is 4.55. The van der Waals surface area contributed by atoms with Crippen LogP contribution in [0, 0.1) is 0 Å². The first-order chi connectivity index (χ1) is 26.3. The second-order valence-corrected chi connectivity index (χ2v) is 11.3. The van der Waals surface area contributed by atoms with Crippen LogP contribution in [0.15, 0.2) is 121 Å². The van der Waals surface area contributed by atoms with Crippen LogP contribution in [0.4, 0.5) is 5.69 Å². The molecule has 12 heteroatoms. The third-order valence-corrected chi connectivity index (χ3v) is 7.42. The first-order valence-electron chi connectivity index (χ1n) is 17.1. The van der Waals surface area contributed by atoms with Gasteiger partial charge >= 0.3 is 23.9 Å². The van der Waals surface area contributed by atoms with E-state index in [1.54, 1.807) is 97.2 Å². The molecular weight excluding hydrogens is 694 g/mol. The van der Waals surface area contributed by atoms with Crippen molar-refractivity contribution in [2.24, 2.45) is 4.99 Å². The highest BCUT2D eigenvalue weighted by Crippen LogP contribution is 2.32. The van der Waals surface area contributed by atoms with Crippen molar-refractivity contribution < 1.29 is 52.3 Å². The molecule has 0 spiro atoms. The van der Waals surface area contributed by atoms with E-state index in [2.05, 4.69) is 18.2 Å². The number of esters is 4. The highest BCUT2D eigenvalue weighted by molar-refractivity contribution is 5.92. The van der Waals surface area contributed by atoms with Gasteiger partial charge < -0.3 is 33.2 Å². The van der Waals surface area contributed by atoms with Gasteiger partial charge in [0.1, 0.15) is 34.4 Å². The van der Waals surface area contributed by atoms with E-state index in [4.69, 9.17) is 33.2 Å². The highest BCUT2D eigenvalue weighted by Gasteiger charge is 2.12. The van der Waals surface area contributed by atoms with Gasteiger partial charge in [-0.1, -0.05) is 13.2 Å². The van der Waals surface area contributed by atoms with Gasteiger partial charge in [0.2, 0.25) is 0 Å². The van der Waals surface area contributed by atoms with Gasteiger partial charge in [-0.2, -0.15) is 0 Å². The van der Waals surface area contributed by atoms with E-state index in [-0.39, 0.29) is 5.75 Å². The van der Waals surface area contributed by atoms with Gasteiger partial charge in [0.25, 0.3) is 0 Å². The molecule has 4 aromatic rings. The monoisotopic (exact) mass is 735 g/mol. The van der Waals surface area contributed by atoms with Crippen molar-refractivity contribution in [1.29, 1.82) is 0 Å². The van der Waals surface area contributed by atoms with Gasteiger partial charge in [-0.15, -0.1) is 0 Å². The maximum absolute atomic E-state index is 12.8. The lowest BCUT2D eigenvalue weighted by Crippen LogP contribution is -2.08. The van der Waals surface area contributed by atoms with Gasteiger partial charge in [0.15, 0.2) is 0 Å². The molecule has 0 saturated heterocycles. The molecule has 0 bridgehead atoms. The largest absolute Gasteiger partial charge is 0.494 e. The summed E-state index contributed by atoms with van der Waals surface area (Å²) in [5.74, 6) is 0.274. The molecule has 0 aliphatic carbocycles. The molecule has 280 valence electrons. The maximum atomic E-state index is 12.8. The molecular formula is C42H41NO11. The molecule has 0 unspecified atom stereocenters. The Kier molecular flexibility index (Phi) is 16.1. The topological polar surface area (TPSA) is 145 Å². The second-order valence-electron chi connectivity index (χ2n) is 11.3. The van der Waals surface area contributed by atoms with Crippen LogP contribution in [0.25, 0.3) is 0 Å². The number of unbranched alkanes of at least 4 members (excludes halogenated alkanes) is 2. The van der Waals surface area contributed by atoms with Crippen LogP contribution in [0.1, 0.15) is 52.0 Å². The van der Waals surface area contributed by atoms with Crippen molar-refractivity contribution in [3.63, 3.8) is 0 Å². The summed E-state index contributed by atoms with van der Waals surface area (Å²) >= 11 is 0. The minimum Gasteiger partial charge on any atom is -0.494 e. The molecule has 0 heterocycles. The Balaban J connectivity index is 1.21. The van der Waals surface area contributed by atoms with Gasteiger partial charge in [-0.3, -0.25) is 4.99 Å². The smallest absolute Gasteiger partial charge is 0.343 e. The van der Waals surface area contributed by atoms with Gasteiger partial charge in [0.05, 0.1) is 44.7 Å². The van der Waals surface area contributed by atoms with E-state index in [1.807, 2.05) is 0 Å². The molecule has 0 fully saturated rings. The van der Waals surface area contributed by atoms with Crippen molar-refractivity contribution in [3.8, 4) is 28.7 Å². The standard InChI is InChI=1S/C42H41NO11/c1-4-39(44)51-26-8-6-24-49-33-18-12-31(13-19-33)41(46)53-35-16-10-30(11-17-35)29-43-37-23-22-36(28-38(37)48-3)54-42(47)32-14-20-34(21-15-32)50-25-7-9-27-52-40(45)5-2/h4-5,10-23,28-29H,1-2,6-9,24-27H2,3H3. The number of methoxy groups -OCH3 is 1. The quantitative estimate of drug-likeness (QED) is 0.0273. The van der Waals surface area contributed by atoms with Crippen LogP contribution in [0.5, 0.6) is 28.7 Å². The molecule has 0 aromatic heterocycles. The number of aliphatic imine (C=N–C) groups is 1. The lowest BCUT2D eigenvalue weighted by molar-refractivity contribution is -0.138. The zero-order valence-corrected chi connectivity index (χ0v) is 29.9. The lowest BCUT2D eigenvalue weighted by atomic mass is 10.2. The maximum Gasteiger partial charge on any atom is 0.343 e. The molecule has 0 N–H and O–H groups in total. The Labute approximate surface area is 313 Å². The molecule has 0 aliphatic heterocycles. The number of carbonyl (C=O) groups excluding carboxylic acids is 4.